The molecule has 114 valence electrons. The Kier molecular flexibility index (Phi) is 2.89. The number of hydrogen-bond donors (Lipinski definition) is 0. The van der Waals surface area contributed by atoms with E-state index in [0.717, 1.165) is 25.1 Å². The van der Waals surface area contributed by atoms with Gasteiger partial charge in [-0.1, -0.05) is 18.9 Å². The van der Waals surface area contributed by atoms with Gasteiger partial charge in [0, 0.05) is 24.2 Å². The van der Waals surface area contributed by atoms with Gasteiger partial charge in [0.25, 0.3) is 0 Å². The maximum absolute atomic E-state index is 13.0. The third kappa shape index (κ3) is 1.80. The number of hydroxylamine groups is 3. The summed E-state index contributed by atoms with van der Waals surface area (Å²) >= 11 is 0. The van der Waals surface area contributed by atoms with Gasteiger partial charge in [-0.15, -0.1) is 0 Å². The zero-order valence-corrected chi connectivity index (χ0v) is 13.1. The van der Waals surface area contributed by atoms with Crippen LogP contribution in [0.3, 0.4) is 0 Å². The predicted octanol–water partition coefficient (Wildman–Crippen LogP) is 3.40. The van der Waals surface area contributed by atoms with Crippen molar-refractivity contribution < 1.29 is 9.38 Å². The van der Waals surface area contributed by atoms with Crippen LogP contribution >= 0.6 is 0 Å². The molecule has 1 saturated heterocycles. The summed E-state index contributed by atoms with van der Waals surface area (Å²) in [6.45, 7) is 0.776. The molecule has 0 amide bonds. The van der Waals surface area contributed by atoms with Crippen molar-refractivity contribution >= 4 is 0 Å². The van der Waals surface area contributed by atoms with Crippen molar-refractivity contribution in [1.82, 2.24) is 0 Å². The first-order chi connectivity index (χ1) is 10.1. The van der Waals surface area contributed by atoms with E-state index in [2.05, 4.69) is 18.2 Å². The molecule has 2 bridgehead atoms. The Bertz CT molecular complexity index is 568. The summed E-state index contributed by atoms with van der Waals surface area (Å²) in [7, 11) is 3.65. The van der Waals surface area contributed by atoms with E-state index >= 15 is 0 Å². The molecule has 3 nitrogen and oxygen atoms in total. The zero-order chi connectivity index (χ0) is 14.7. The molecule has 0 unspecified atom stereocenters. The quantitative estimate of drug-likeness (QED) is 0.586. The first kappa shape index (κ1) is 13.6. The summed E-state index contributed by atoms with van der Waals surface area (Å²) in [5.41, 5.74) is 3.16. The second-order valence-electron chi connectivity index (χ2n) is 7.45. The summed E-state index contributed by atoms with van der Waals surface area (Å²) in [5, 5.41) is 13.0. The monoisotopic (exact) mass is 287 g/mol. The number of hydrogen-bond acceptors (Lipinski definition) is 2. The van der Waals surface area contributed by atoms with Crippen LogP contribution in [0.4, 0.5) is 0 Å². The van der Waals surface area contributed by atoms with Crippen molar-refractivity contribution in [1.29, 1.82) is 0 Å². The fourth-order valence-corrected chi connectivity index (χ4v) is 5.46. The van der Waals surface area contributed by atoms with Crippen molar-refractivity contribution in [2.24, 2.45) is 5.92 Å². The fourth-order valence-electron chi connectivity index (χ4n) is 5.46. The summed E-state index contributed by atoms with van der Waals surface area (Å²) in [4.78, 5) is 0. The molecule has 3 aliphatic rings. The largest absolute Gasteiger partial charge is 0.633 e. The van der Waals surface area contributed by atoms with Gasteiger partial charge in [-0.3, -0.25) is 0 Å². The summed E-state index contributed by atoms with van der Waals surface area (Å²) in [5.74, 6) is 1.54. The molecule has 2 fully saturated rings. The molecule has 1 aromatic rings. The van der Waals surface area contributed by atoms with Gasteiger partial charge in [-0.05, 0) is 36.1 Å². The maximum atomic E-state index is 13.0. The van der Waals surface area contributed by atoms with Crippen LogP contribution in [-0.2, 0) is 11.8 Å². The molecular weight excluding hydrogens is 262 g/mol. The molecule has 1 heterocycles. The van der Waals surface area contributed by atoms with E-state index in [-0.39, 0.29) is 16.1 Å². The van der Waals surface area contributed by atoms with Gasteiger partial charge in [0.15, 0.2) is 0 Å². The topological polar surface area (TPSA) is 32.3 Å². The smallest absolute Gasteiger partial charge is 0.119 e. The van der Waals surface area contributed by atoms with Gasteiger partial charge in [0.05, 0.1) is 26.7 Å². The fraction of sp³-hybridized carbons (Fsp3) is 0.667. The first-order valence-corrected chi connectivity index (χ1v) is 8.30. The Morgan fingerprint density at radius 1 is 1.29 bits per heavy atom. The lowest BCUT2D eigenvalue weighted by molar-refractivity contribution is -0.899. The van der Waals surface area contributed by atoms with Crippen LogP contribution in [0.2, 0.25) is 0 Å². The molecule has 4 rings (SSSR count). The number of nitrogens with zero attached hydrogens (tertiary/aromatic N) is 1. The third-order valence-electron chi connectivity index (χ3n) is 6.55. The molecule has 21 heavy (non-hydrogen) atoms. The molecule has 1 aromatic carbocycles. The second-order valence-corrected chi connectivity index (χ2v) is 7.45. The van der Waals surface area contributed by atoms with Gasteiger partial charge in [-0.25, -0.2) is 0 Å². The van der Waals surface area contributed by atoms with E-state index < -0.39 is 0 Å². The number of likely N-dealkylation sites (N-methyl/N-ethyl adjacent to an activating group) is 1. The van der Waals surface area contributed by atoms with Crippen LogP contribution in [0.25, 0.3) is 0 Å². The van der Waals surface area contributed by atoms with Crippen LogP contribution < -0.4 is 4.74 Å². The maximum Gasteiger partial charge on any atom is 0.119 e. The van der Waals surface area contributed by atoms with Crippen LogP contribution in [0, 0.1) is 11.1 Å². The normalized spacial score (nSPS) is 41.1. The molecule has 3 heteroatoms. The Hall–Kier alpha value is -1.06. The molecule has 0 aromatic heterocycles. The molecular formula is C18H25NO2. The van der Waals surface area contributed by atoms with Crippen molar-refractivity contribution in [2.45, 2.75) is 50.0 Å². The van der Waals surface area contributed by atoms with E-state index in [1.807, 2.05) is 7.05 Å². The van der Waals surface area contributed by atoms with E-state index in [4.69, 9.17) is 4.74 Å². The van der Waals surface area contributed by atoms with E-state index in [0.29, 0.717) is 5.92 Å². The molecule has 0 N–H and O–H groups in total. The molecule has 1 saturated carbocycles. The van der Waals surface area contributed by atoms with Gasteiger partial charge in [-0.2, -0.15) is 0 Å². The number of piperidine rings is 1. The highest BCUT2D eigenvalue weighted by Gasteiger charge is 2.57. The zero-order valence-electron chi connectivity index (χ0n) is 13.1. The Morgan fingerprint density at radius 2 is 2.14 bits per heavy atom. The van der Waals surface area contributed by atoms with Gasteiger partial charge in [0.1, 0.15) is 5.75 Å². The SMILES string of the molecule is COc1ccc2c(c1)[C@]13CCCC[C@@H]1[C@H](C2)[N@+](C)([O-])CC3. The molecule has 4 atom stereocenters. The number of methoxy groups -OCH3 is 1. The van der Waals surface area contributed by atoms with Crippen LogP contribution in [0.5, 0.6) is 5.75 Å². The first-order valence-electron chi connectivity index (χ1n) is 8.30. The van der Waals surface area contributed by atoms with Crippen molar-refractivity contribution in [2.75, 3.05) is 20.7 Å². The average Bonchev–Trinajstić information content (AvgIpc) is 2.51. The Morgan fingerprint density at radius 3 is 2.95 bits per heavy atom. The van der Waals surface area contributed by atoms with Crippen molar-refractivity contribution in [3.63, 3.8) is 0 Å². The number of ether oxygens (including phenoxy) is 1. The average molecular weight is 287 g/mol. The highest BCUT2D eigenvalue weighted by molar-refractivity contribution is 5.45. The Balaban J connectivity index is 1.89. The highest BCUT2D eigenvalue weighted by atomic mass is 16.5. The lowest BCUT2D eigenvalue weighted by Crippen LogP contribution is -2.66. The lowest BCUT2D eigenvalue weighted by atomic mass is 9.52. The predicted molar refractivity (Wildman–Crippen MR) is 83.2 cm³/mol. The minimum atomic E-state index is -0.0299. The summed E-state index contributed by atoms with van der Waals surface area (Å²) < 4.78 is 5.44. The van der Waals surface area contributed by atoms with Crippen molar-refractivity contribution in [3.05, 3.63) is 34.5 Å². The molecule has 0 spiro atoms. The van der Waals surface area contributed by atoms with Crippen LogP contribution in [0.1, 0.15) is 43.2 Å². The lowest BCUT2D eigenvalue weighted by Gasteiger charge is -2.63. The number of rotatable bonds is 1. The number of fused-ring (bicyclic) bond motifs is 1. The van der Waals surface area contributed by atoms with Gasteiger partial charge < -0.3 is 14.6 Å². The van der Waals surface area contributed by atoms with E-state index in [1.165, 1.54) is 36.8 Å². The number of likely N-dealkylation sites (tertiary alicyclic amines) is 1. The van der Waals surface area contributed by atoms with Gasteiger partial charge in [0.2, 0.25) is 0 Å². The minimum absolute atomic E-state index is 0.0299. The van der Waals surface area contributed by atoms with Crippen molar-refractivity contribution in [3.8, 4) is 5.75 Å². The minimum Gasteiger partial charge on any atom is -0.633 e. The molecule has 1 aliphatic heterocycles. The van der Waals surface area contributed by atoms with Crippen LogP contribution in [0.15, 0.2) is 18.2 Å². The van der Waals surface area contributed by atoms with Crippen LogP contribution in [-0.4, -0.2) is 31.4 Å². The third-order valence-corrected chi connectivity index (χ3v) is 6.55. The highest BCUT2D eigenvalue weighted by Crippen LogP contribution is 2.57. The van der Waals surface area contributed by atoms with Gasteiger partial charge >= 0.3 is 0 Å². The standard InChI is InChI=1S/C18H25NO2/c1-19(20)10-9-18-8-4-3-5-15(18)17(19)11-13-6-7-14(21-2)12-16(13)18/h6-7,12,15,17H,3-5,8-11H2,1-2H3/t15-,17+,18+,19-/m1/s1. The second kappa shape index (κ2) is 4.47. The number of quaternary nitrogens is 1. The Labute approximate surface area is 127 Å². The van der Waals surface area contributed by atoms with E-state index in [9.17, 15) is 5.21 Å². The summed E-state index contributed by atoms with van der Waals surface area (Å²) in [6.07, 6.45) is 7.09. The van der Waals surface area contributed by atoms with E-state index in [1.54, 1.807) is 7.11 Å². The number of benzene rings is 1. The molecule has 0 radical (unpaired) electrons. The summed E-state index contributed by atoms with van der Waals surface area (Å²) in [6, 6.07) is 6.80. The molecule has 2 aliphatic carbocycles.